The second-order valence-electron chi connectivity index (χ2n) is 22.0. The maximum Gasteiger partial charge on any atom is 0.308 e. The summed E-state index contributed by atoms with van der Waals surface area (Å²) < 4.78 is 67.2. The quantitative estimate of drug-likeness (QED) is 0.0295. The molecule has 5 rings (SSSR count). The highest BCUT2D eigenvalue weighted by atomic mass is 32.2. The van der Waals surface area contributed by atoms with E-state index in [1.165, 1.54) is 44.9 Å². The number of allylic oxidation sites excluding steroid dienone is 6. The molecule has 1 aromatic rings. The summed E-state index contributed by atoms with van der Waals surface area (Å²) in [7, 11) is -4.00. The highest BCUT2D eigenvalue weighted by Crippen LogP contribution is 2.44. The maximum atomic E-state index is 13.3. The average Bonchev–Trinajstić information content (AvgIpc) is 4.18. The first kappa shape index (κ1) is 64.3. The fourth-order valence-electron chi connectivity index (χ4n) is 10.7. The molecule has 0 unspecified atom stereocenters. The molecule has 0 radical (unpaired) electrons. The lowest BCUT2D eigenvalue weighted by atomic mass is 9.85. The van der Waals surface area contributed by atoms with Crippen molar-refractivity contribution in [3.05, 3.63) is 66.3 Å². The molecule has 0 bridgehead atoms. The predicted molar refractivity (Wildman–Crippen MR) is 294 cm³/mol. The average molecular weight is 1070 g/mol. The molecule has 2 aliphatic carbocycles. The van der Waals surface area contributed by atoms with E-state index < -0.39 is 33.9 Å². The molecule has 426 valence electrons. The minimum Gasteiger partial charge on any atom is -0.465 e. The van der Waals surface area contributed by atoms with E-state index in [4.69, 9.17) is 32.6 Å². The van der Waals surface area contributed by atoms with Gasteiger partial charge in [-0.3, -0.25) is 18.6 Å². The summed E-state index contributed by atoms with van der Waals surface area (Å²) in [6.07, 6.45) is 32.6. The van der Waals surface area contributed by atoms with Crippen molar-refractivity contribution in [2.45, 2.75) is 237 Å². The summed E-state index contributed by atoms with van der Waals surface area (Å²) in [6.45, 7) is 16.5. The van der Waals surface area contributed by atoms with Crippen LogP contribution in [0, 0.1) is 36.5 Å². The molecule has 1 N–H and O–H groups in total. The van der Waals surface area contributed by atoms with Crippen molar-refractivity contribution >= 4 is 27.8 Å². The van der Waals surface area contributed by atoms with Crippen molar-refractivity contribution in [2.24, 2.45) is 29.6 Å². The van der Waals surface area contributed by atoms with Crippen molar-refractivity contribution in [1.82, 2.24) is 0 Å². The molecular weight excluding hydrogens is 973 g/mol. The Morgan fingerprint density at radius 3 is 1.85 bits per heavy atom. The number of ether oxygens (including phenoxy) is 6. The molecule has 2 saturated heterocycles. The molecule has 0 aromatic heterocycles. The van der Waals surface area contributed by atoms with Gasteiger partial charge in [0.05, 0.1) is 62.2 Å². The number of hydrogen-bond donors (Lipinski definition) is 1. The first-order valence-corrected chi connectivity index (χ1v) is 30.6. The third-order valence-corrected chi connectivity index (χ3v) is 16.4. The van der Waals surface area contributed by atoms with E-state index in [1.54, 1.807) is 30.3 Å². The van der Waals surface area contributed by atoms with Gasteiger partial charge in [-0.1, -0.05) is 127 Å². The Balaban J connectivity index is 0.000000339. The van der Waals surface area contributed by atoms with Gasteiger partial charge in [0.25, 0.3) is 10.1 Å². The van der Waals surface area contributed by atoms with Crippen molar-refractivity contribution in [3.8, 4) is 0 Å². The molecule has 3 fully saturated rings. The van der Waals surface area contributed by atoms with E-state index in [0.29, 0.717) is 58.7 Å². The number of carbonyl (C=O) groups is 3. The number of unbranched alkanes of at least 4 members (excludes halogenated alkanes) is 10. The van der Waals surface area contributed by atoms with Crippen LogP contribution < -0.4 is 0 Å². The zero-order valence-electron chi connectivity index (χ0n) is 47.2. The lowest BCUT2D eigenvalue weighted by Gasteiger charge is -2.31. The zero-order chi connectivity index (χ0) is 54.5. The predicted octanol–water partition coefficient (Wildman–Crippen LogP) is 13.2. The molecule has 0 spiro atoms. The number of rotatable bonds is 35. The van der Waals surface area contributed by atoms with Gasteiger partial charge in [-0.05, 0) is 121 Å². The Morgan fingerprint density at radius 2 is 1.28 bits per heavy atom. The Labute approximate surface area is 452 Å². The van der Waals surface area contributed by atoms with E-state index in [9.17, 15) is 27.9 Å². The molecule has 1 saturated carbocycles. The van der Waals surface area contributed by atoms with Crippen LogP contribution in [0.25, 0.3) is 0 Å². The highest BCUT2D eigenvalue weighted by Gasteiger charge is 2.47. The lowest BCUT2D eigenvalue weighted by Crippen LogP contribution is -2.33. The van der Waals surface area contributed by atoms with Gasteiger partial charge in [-0.2, -0.15) is 8.42 Å². The summed E-state index contributed by atoms with van der Waals surface area (Å²) >= 11 is 0. The number of esters is 2. The number of hydrogen-bond acceptors (Lipinski definition) is 13. The number of carbonyl (C=O) groups excluding carboxylic acids is 3. The van der Waals surface area contributed by atoms with E-state index >= 15 is 0 Å². The summed E-state index contributed by atoms with van der Waals surface area (Å²) in [5.74, 6) is -1.43. The van der Waals surface area contributed by atoms with E-state index in [-0.39, 0.29) is 64.7 Å². The molecule has 4 aliphatic rings. The third-order valence-electron chi connectivity index (χ3n) is 15.1. The van der Waals surface area contributed by atoms with E-state index in [0.717, 1.165) is 82.6 Å². The normalized spacial score (nSPS) is 23.3. The van der Waals surface area contributed by atoms with Gasteiger partial charge in [0, 0.05) is 44.4 Å². The summed E-state index contributed by atoms with van der Waals surface area (Å²) in [5, 5.41) is 11.1. The van der Waals surface area contributed by atoms with Crippen LogP contribution in [-0.2, 0) is 57.1 Å². The van der Waals surface area contributed by atoms with Crippen LogP contribution in [0.5, 0.6) is 0 Å². The van der Waals surface area contributed by atoms with Gasteiger partial charge in [-0.15, -0.1) is 0 Å². The Bertz CT molecular complexity index is 1980. The lowest BCUT2D eigenvalue weighted by molar-refractivity contribution is -0.171. The number of aliphatic hydroxyl groups excluding tert-OH is 1. The van der Waals surface area contributed by atoms with Gasteiger partial charge in [-0.25, -0.2) is 0 Å². The first-order valence-electron chi connectivity index (χ1n) is 29.1. The monoisotopic (exact) mass is 1070 g/mol. The number of aryl methyl sites for hydroxylation is 1. The fourth-order valence-corrected chi connectivity index (χ4v) is 11.9. The van der Waals surface area contributed by atoms with Gasteiger partial charge in [0.1, 0.15) is 0 Å². The molecule has 1 aromatic carbocycles. The Hall–Kier alpha value is -3.24. The van der Waals surface area contributed by atoms with Crippen molar-refractivity contribution < 1.29 is 60.5 Å². The minimum absolute atomic E-state index is 0.0140. The van der Waals surface area contributed by atoms with Crippen molar-refractivity contribution in [3.63, 3.8) is 0 Å². The molecule has 2 aliphatic heterocycles. The van der Waals surface area contributed by atoms with Crippen LogP contribution >= 0.6 is 0 Å². The Morgan fingerprint density at radius 1 is 0.720 bits per heavy atom. The van der Waals surface area contributed by atoms with Crippen molar-refractivity contribution in [2.75, 3.05) is 33.0 Å². The van der Waals surface area contributed by atoms with Crippen LogP contribution in [-0.4, -0.2) is 94.2 Å². The van der Waals surface area contributed by atoms with Crippen LogP contribution in [0.3, 0.4) is 0 Å². The van der Waals surface area contributed by atoms with Gasteiger partial charge < -0.3 is 33.5 Å². The molecule has 14 heteroatoms. The maximum absolute atomic E-state index is 13.3. The van der Waals surface area contributed by atoms with Crippen LogP contribution in [0.2, 0.25) is 0 Å². The zero-order valence-corrected chi connectivity index (χ0v) is 48.0. The molecule has 75 heavy (non-hydrogen) atoms. The Kier molecular flexibility index (Phi) is 29.7. The number of benzene rings is 1. The van der Waals surface area contributed by atoms with E-state index in [2.05, 4.69) is 32.1 Å². The van der Waals surface area contributed by atoms with Crippen LogP contribution in [0.15, 0.2) is 65.6 Å². The van der Waals surface area contributed by atoms with Gasteiger partial charge >= 0.3 is 11.9 Å². The van der Waals surface area contributed by atoms with Crippen LogP contribution in [0.4, 0.5) is 0 Å². The standard InChI is InChI=1S/C34H54O8S.C27H44O5/c1-5-6-7-9-12-20-34(40-23-24-41-34)21-19-30-29(14-11-8-10-13-22-39-33(36)26(2)3)31(35)25-32(30)42-43(37,38)28-17-15-27(4)16-18-28;1-4-5-6-9-12-18-27(30-20-21-31-27)19-17-23-15-16-25(28)24(23)13-10-7-8-11-14-26(29)32-22(2)3/h8,11,15-18,26,29-32,35H,5-7,9-10,12-14,19-25H2,1-4H3;7,10,15-16,22-24H,4-6,8-9,11-14,17-21H2,1-3H3/b11-8-;10-7-/t29-,30-,31+,32-;23-,24-/m11/s1. The minimum atomic E-state index is -4.00. The first-order chi connectivity index (χ1) is 36.0. The molecule has 13 nitrogen and oxygen atoms in total. The molecule has 2 heterocycles. The number of aliphatic hydroxyl groups is 1. The summed E-state index contributed by atoms with van der Waals surface area (Å²) in [5.41, 5.74) is 0.967. The molecular formula is C61H98O13S. The second-order valence-corrected chi connectivity index (χ2v) is 23.6. The van der Waals surface area contributed by atoms with Gasteiger partial charge in [0.2, 0.25) is 0 Å². The third kappa shape index (κ3) is 23.3. The summed E-state index contributed by atoms with van der Waals surface area (Å²) in [6, 6.07) is 6.65. The smallest absolute Gasteiger partial charge is 0.308 e. The topological polar surface area (TPSA) is 170 Å². The highest BCUT2D eigenvalue weighted by molar-refractivity contribution is 7.86. The van der Waals surface area contributed by atoms with E-state index in [1.807, 2.05) is 46.8 Å². The number of ketones is 1. The SMILES string of the molecule is CCCCCCCC1(CC[C@@H]2[C@@H](C/C=C\CCCOC(=O)C(C)C)[C@@H](O)C[C@H]2OS(=O)(=O)c2ccc(C)cc2)OCCO1.CCCCCCCC1(CC[C@H]2C=CC(=O)[C@@H]2C/C=C\CCCC(=O)OC(C)C)OCCO1. The van der Waals surface area contributed by atoms with Crippen LogP contribution in [0.1, 0.15) is 201 Å². The molecule has 6 atom stereocenters. The van der Waals surface area contributed by atoms with Gasteiger partial charge in [0.15, 0.2) is 17.4 Å². The largest absolute Gasteiger partial charge is 0.465 e. The second kappa shape index (κ2) is 34.6. The fraction of sp³-hybridized carbons (Fsp3) is 0.754. The van der Waals surface area contributed by atoms with Crippen molar-refractivity contribution in [1.29, 1.82) is 0 Å². The summed E-state index contributed by atoms with van der Waals surface area (Å²) in [4.78, 5) is 35.8. The molecule has 0 amide bonds.